The van der Waals surface area contributed by atoms with Gasteiger partial charge in [-0.25, -0.2) is 9.37 Å². The van der Waals surface area contributed by atoms with Crippen LogP contribution < -0.4 is 10.1 Å². The number of benzene rings is 2. The van der Waals surface area contributed by atoms with Crippen LogP contribution in [0.15, 0.2) is 59.2 Å². The molecule has 3 aromatic rings. The average molecular weight is 366 g/mol. The van der Waals surface area contributed by atoms with Gasteiger partial charge in [-0.3, -0.25) is 4.79 Å². The van der Waals surface area contributed by atoms with E-state index in [0.29, 0.717) is 5.75 Å². The Bertz CT molecular complexity index is 979. The topological polar surface area (TPSA) is 64.4 Å². The van der Waals surface area contributed by atoms with Gasteiger partial charge in [-0.2, -0.15) is 0 Å². The lowest BCUT2D eigenvalue weighted by Gasteiger charge is -2.19. The Labute approximate surface area is 156 Å². The fourth-order valence-corrected chi connectivity index (χ4v) is 3.16. The van der Waals surface area contributed by atoms with Crippen molar-refractivity contribution in [1.82, 2.24) is 10.3 Å². The molecule has 2 aromatic carbocycles. The molecule has 1 N–H and O–H groups in total. The van der Waals surface area contributed by atoms with Gasteiger partial charge in [0.05, 0.1) is 5.54 Å². The van der Waals surface area contributed by atoms with Crippen molar-refractivity contribution >= 4 is 5.91 Å². The summed E-state index contributed by atoms with van der Waals surface area (Å²) in [5.41, 5.74) is 2.17. The van der Waals surface area contributed by atoms with Crippen LogP contribution in [0.5, 0.6) is 5.75 Å². The molecule has 0 aliphatic heterocycles. The second-order valence-corrected chi connectivity index (χ2v) is 6.72. The van der Waals surface area contributed by atoms with Crippen molar-refractivity contribution in [3.05, 3.63) is 83.3 Å². The summed E-state index contributed by atoms with van der Waals surface area (Å²) in [6.45, 7) is 2.05. The molecule has 1 heterocycles. The van der Waals surface area contributed by atoms with E-state index < -0.39 is 0 Å². The molecule has 138 valence electrons. The minimum Gasteiger partial charge on any atom is -0.484 e. The van der Waals surface area contributed by atoms with Crippen molar-refractivity contribution in [1.29, 1.82) is 0 Å². The largest absolute Gasteiger partial charge is 0.484 e. The summed E-state index contributed by atoms with van der Waals surface area (Å²) >= 11 is 0. The van der Waals surface area contributed by atoms with Crippen LogP contribution in [-0.4, -0.2) is 10.9 Å². The standard InChI is InChI=1S/C21H19FN2O3/c1-14-5-2-3-8-17(14)21(9-10-21)24-20(25)18-12-27-19(23-18)13-26-16-7-4-6-15(22)11-16/h2-8,11-12H,9-10,13H2,1H3,(H,24,25). The number of hydrogen-bond donors (Lipinski definition) is 1. The van der Waals surface area contributed by atoms with E-state index in [0.717, 1.165) is 24.0 Å². The van der Waals surface area contributed by atoms with Gasteiger partial charge in [-0.15, -0.1) is 0 Å². The lowest BCUT2D eigenvalue weighted by atomic mass is 9.99. The predicted molar refractivity (Wildman–Crippen MR) is 96.8 cm³/mol. The van der Waals surface area contributed by atoms with Gasteiger partial charge in [0.2, 0.25) is 5.89 Å². The molecule has 0 spiro atoms. The Morgan fingerprint density at radius 2 is 2.07 bits per heavy atom. The third-order valence-corrected chi connectivity index (χ3v) is 4.71. The molecule has 0 radical (unpaired) electrons. The number of ether oxygens (including phenoxy) is 1. The summed E-state index contributed by atoms with van der Waals surface area (Å²) in [5, 5.41) is 3.08. The first-order chi connectivity index (χ1) is 13.1. The minimum atomic E-state index is -0.383. The summed E-state index contributed by atoms with van der Waals surface area (Å²) in [4.78, 5) is 16.8. The van der Waals surface area contributed by atoms with Crippen LogP contribution in [0.2, 0.25) is 0 Å². The maximum atomic E-state index is 13.2. The van der Waals surface area contributed by atoms with Gasteiger partial charge >= 0.3 is 0 Å². The molecular weight excluding hydrogens is 347 g/mol. The maximum Gasteiger partial charge on any atom is 0.273 e. The summed E-state index contributed by atoms with van der Waals surface area (Å²) in [6, 6.07) is 13.9. The molecule has 27 heavy (non-hydrogen) atoms. The number of rotatable bonds is 6. The van der Waals surface area contributed by atoms with Crippen molar-refractivity contribution in [2.24, 2.45) is 0 Å². The number of hydrogen-bond acceptors (Lipinski definition) is 4. The highest BCUT2D eigenvalue weighted by Crippen LogP contribution is 2.46. The normalized spacial score (nSPS) is 14.6. The Hall–Kier alpha value is -3.15. The van der Waals surface area contributed by atoms with E-state index >= 15 is 0 Å². The summed E-state index contributed by atoms with van der Waals surface area (Å²) in [5.74, 6) is -0.0387. The molecule has 1 aliphatic rings. The van der Waals surface area contributed by atoms with Crippen LogP contribution >= 0.6 is 0 Å². The zero-order valence-corrected chi connectivity index (χ0v) is 14.9. The van der Waals surface area contributed by atoms with Crippen LogP contribution in [0.1, 0.15) is 40.3 Å². The first kappa shape index (κ1) is 17.3. The van der Waals surface area contributed by atoms with E-state index in [1.54, 1.807) is 12.1 Å². The van der Waals surface area contributed by atoms with Crippen LogP contribution in [0.3, 0.4) is 0 Å². The maximum absolute atomic E-state index is 13.2. The number of amides is 1. The Kier molecular flexibility index (Phi) is 4.39. The zero-order valence-electron chi connectivity index (χ0n) is 14.9. The van der Waals surface area contributed by atoms with E-state index in [1.165, 1.54) is 18.4 Å². The van der Waals surface area contributed by atoms with Gasteiger partial charge in [-0.1, -0.05) is 30.3 Å². The molecule has 1 aromatic heterocycles. The lowest BCUT2D eigenvalue weighted by molar-refractivity contribution is 0.0925. The molecule has 1 saturated carbocycles. The third-order valence-electron chi connectivity index (χ3n) is 4.71. The lowest BCUT2D eigenvalue weighted by Crippen LogP contribution is -2.35. The van der Waals surface area contributed by atoms with Crippen molar-refractivity contribution in [3.63, 3.8) is 0 Å². The van der Waals surface area contributed by atoms with E-state index in [1.807, 2.05) is 31.2 Å². The number of aryl methyl sites for hydroxylation is 1. The zero-order chi connectivity index (χ0) is 18.9. The molecule has 4 rings (SSSR count). The Morgan fingerprint density at radius 1 is 1.26 bits per heavy atom. The van der Waals surface area contributed by atoms with Crippen molar-refractivity contribution in [3.8, 4) is 5.75 Å². The minimum absolute atomic E-state index is 0.0136. The molecule has 0 saturated heterocycles. The monoisotopic (exact) mass is 366 g/mol. The number of halogens is 1. The van der Waals surface area contributed by atoms with Gasteiger partial charge in [0.25, 0.3) is 5.91 Å². The van der Waals surface area contributed by atoms with Gasteiger partial charge in [0, 0.05) is 6.07 Å². The average Bonchev–Trinajstić information content (AvgIpc) is 3.26. The van der Waals surface area contributed by atoms with E-state index in [-0.39, 0.29) is 35.5 Å². The number of oxazole rings is 1. The predicted octanol–water partition coefficient (Wildman–Crippen LogP) is 4.12. The van der Waals surface area contributed by atoms with Gasteiger partial charge in [-0.05, 0) is 43.0 Å². The number of nitrogens with one attached hydrogen (secondary N) is 1. The van der Waals surface area contributed by atoms with E-state index in [4.69, 9.17) is 9.15 Å². The Balaban J connectivity index is 1.41. The molecule has 0 atom stereocenters. The highest BCUT2D eigenvalue weighted by molar-refractivity contribution is 5.92. The second kappa shape index (κ2) is 6.87. The van der Waals surface area contributed by atoms with Crippen molar-refractivity contribution in [2.45, 2.75) is 31.9 Å². The first-order valence-corrected chi connectivity index (χ1v) is 8.77. The fraction of sp³-hybridized carbons (Fsp3) is 0.238. The number of aromatic nitrogens is 1. The molecular formula is C21H19FN2O3. The van der Waals surface area contributed by atoms with Crippen LogP contribution in [-0.2, 0) is 12.1 Å². The van der Waals surface area contributed by atoms with E-state index in [2.05, 4.69) is 10.3 Å². The molecule has 5 nitrogen and oxygen atoms in total. The SMILES string of the molecule is Cc1ccccc1C1(NC(=O)c2coc(COc3cccc(F)c3)n2)CC1. The summed E-state index contributed by atoms with van der Waals surface area (Å²) in [7, 11) is 0. The van der Waals surface area contributed by atoms with Crippen LogP contribution in [0.25, 0.3) is 0 Å². The first-order valence-electron chi connectivity index (χ1n) is 8.77. The number of carbonyl (C=O) groups excluding carboxylic acids is 1. The van der Waals surface area contributed by atoms with Gasteiger partial charge < -0.3 is 14.5 Å². The van der Waals surface area contributed by atoms with Gasteiger partial charge in [0.15, 0.2) is 12.3 Å². The van der Waals surface area contributed by atoms with Crippen LogP contribution in [0, 0.1) is 12.7 Å². The highest BCUT2D eigenvalue weighted by Gasteiger charge is 2.46. The summed E-state index contributed by atoms with van der Waals surface area (Å²) < 4.78 is 23.9. The van der Waals surface area contributed by atoms with Crippen molar-refractivity contribution < 1.29 is 18.3 Å². The quantitative estimate of drug-likeness (QED) is 0.713. The number of nitrogens with zero attached hydrogens (tertiary/aromatic N) is 1. The van der Waals surface area contributed by atoms with E-state index in [9.17, 15) is 9.18 Å². The van der Waals surface area contributed by atoms with Crippen LogP contribution in [0.4, 0.5) is 4.39 Å². The third kappa shape index (κ3) is 3.69. The summed E-state index contributed by atoms with van der Waals surface area (Å²) in [6.07, 6.45) is 3.11. The number of carbonyl (C=O) groups is 1. The molecule has 0 unspecified atom stereocenters. The molecule has 0 bridgehead atoms. The molecule has 6 heteroatoms. The second-order valence-electron chi connectivity index (χ2n) is 6.72. The Morgan fingerprint density at radius 3 is 2.81 bits per heavy atom. The fourth-order valence-electron chi connectivity index (χ4n) is 3.16. The van der Waals surface area contributed by atoms with Crippen molar-refractivity contribution in [2.75, 3.05) is 0 Å². The molecule has 1 fully saturated rings. The smallest absolute Gasteiger partial charge is 0.273 e. The molecule has 1 amide bonds. The van der Waals surface area contributed by atoms with Gasteiger partial charge in [0.1, 0.15) is 17.8 Å². The highest BCUT2D eigenvalue weighted by atomic mass is 19.1. The molecule has 1 aliphatic carbocycles.